The molecule has 4 heteroatoms. The molecule has 2 N–H and O–H groups in total. The molecule has 0 saturated carbocycles. The first-order valence-electron chi connectivity index (χ1n) is 5.17. The van der Waals surface area contributed by atoms with Crippen LogP contribution in [0.15, 0.2) is 0 Å². The van der Waals surface area contributed by atoms with Crippen LogP contribution in [0, 0.1) is 0 Å². The van der Waals surface area contributed by atoms with Gasteiger partial charge >= 0.3 is 0 Å². The van der Waals surface area contributed by atoms with Crippen LogP contribution in [-0.2, 0) is 4.79 Å². The Hall–Kier alpha value is -0.0900. The molecule has 0 saturated heterocycles. The van der Waals surface area contributed by atoms with Gasteiger partial charge in [-0.1, -0.05) is 15.9 Å². The maximum absolute atomic E-state index is 11.2. The van der Waals surface area contributed by atoms with Crippen molar-refractivity contribution in [1.29, 1.82) is 0 Å². The average Bonchev–Trinajstić information content (AvgIpc) is 2.13. The zero-order chi connectivity index (χ0) is 10.8. The number of hydrogen-bond acceptors (Lipinski definition) is 2. The number of hydrogen-bond donors (Lipinski definition) is 2. The van der Waals surface area contributed by atoms with Gasteiger partial charge in [-0.2, -0.15) is 0 Å². The Morgan fingerprint density at radius 1 is 1.43 bits per heavy atom. The second-order valence-electron chi connectivity index (χ2n) is 3.49. The lowest BCUT2D eigenvalue weighted by Crippen LogP contribution is -2.24. The SMILES string of the molecule is CC(O)CCCNC(=O)CCCCBr. The van der Waals surface area contributed by atoms with E-state index in [9.17, 15) is 4.79 Å². The van der Waals surface area contributed by atoms with Crippen LogP contribution in [0.25, 0.3) is 0 Å². The van der Waals surface area contributed by atoms with E-state index in [1.165, 1.54) is 0 Å². The lowest BCUT2D eigenvalue weighted by Gasteiger charge is -2.05. The number of unbranched alkanes of at least 4 members (excludes halogenated alkanes) is 1. The fraction of sp³-hybridized carbons (Fsp3) is 0.900. The van der Waals surface area contributed by atoms with Crippen molar-refractivity contribution in [2.24, 2.45) is 0 Å². The van der Waals surface area contributed by atoms with Crippen molar-refractivity contribution < 1.29 is 9.90 Å². The first-order valence-corrected chi connectivity index (χ1v) is 6.29. The van der Waals surface area contributed by atoms with Crippen LogP contribution in [0.4, 0.5) is 0 Å². The van der Waals surface area contributed by atoms with Crippen molar-refractivity contribution in [3.63, 3.8) is 0 Å². The Labute approximate surface area is 94.4 Å². The van der Waals surface area contributed by atoms with Crippen molar-refractivity contribution in [1.82, 2.24) is 5.32 Å². The van der Waals surface area contributed by atoms with E-state index in [1.54, 1.807) is 6.92 Å². The molecular formula is C10H20BrNO2. The minimum absolute atomic E-state index is 0.122. The molecule has 0 aromatic rings. The lowest BCUT2D eigenvalue weighted by atomic mass is 10.2. The van der Waals surface area contributed by atoms with E-state index in [4.69, 9.17) is 5.11 Å². The molecule has 0 aromatic carbocycles. The molecule has 1 atom stereocenters. The number of aliphatic hydroxyl groups excluding tert-OH is 1. The van der Waals surface area contributed by atoms with E-state index in [2.05, 4.69) is 21.2 Å². The van der Waals surface area contributed by atoms with Gasteiger partial charge in [0.2, 0.25) is 5.91 Å². The zero-order valence-electron chi connectivity index (χ0n) is 8.76. The highest BCUT2D eigenvalue weighted by Crippen LogP contribution is 1.98. The van der Waals surface area contributed by atoms with Crippen LogP contribution >= 0.6 is 15.9 Å². The molecule has 0 aliphatic rings. The third-order valence-electron chi connectivity index (χ3n) is 1.91. The van der Waals surface area contributed by atoms with Gasteiger partial charge in [-0.05, 0) is 32.6 Å². The van der Waals surface area contributed by atoms with E-state index in [1.807, 2.05) is 0 Å². The molecule has 0 heterocycles. The summed E-state index contributed by atoms with van der Waals surface area (Å²) < 4.78 is 0. The van der Waals surface area contributed by atoms with E-state index in [-0.39, 0.29) is 12.0 Å². The minimum Gasteiger partial charge on any atom is -0.393 e. The molecule has 0 rings (SSSR count). The number of carbonyl (C=O) groups is 1. The number of alkyl halides is 1. The zero-order valence-corrected chi connectivity index (χ0v) is 10.3. The van der Waals surface area contributed by atoms with Crippen molar-refractivity contribution in [2.75, 3.05) is 11.9 Å². The number of nitrogens with one attached hydrogen (secondary N) is 1. The normalized spacial score (nSPS) is 12.5. The van der Waals surface area contributed by atoms with Crippen LogP contribution in [-0.4, -0.2) is 29.0 Å². The second-order valence-corrected chi connectivity index (χ2v) is 4.28. The molecule has 1 amide bonds. The Kier molecular flexibility index (Phi) is 9.40. The highest BCUT2D eigenvalue weighted by molar-refractivity contribution is 9.09. The van der Waals surface area contributed by atoms with Gasteiger partial charge in [-0.25, -0.2) is 0 Å². The summed E-state index contributed by atoms with van der Waals surface area (Å²) in [6.45, 7) is 2.44. The average molecular weight is 266 g/mol. The Morgan fingerprint density at radius 2 is 2.14 bits per heavy atom. The fourth-order valence-corrected chi connectivity index (χ4v) is 1.49. The van der Waals surface area contributed by atoms with Crippen LogP contribution in [0.2, 0.25) is 0 Å². The van der Waals surface area contributed by atoms with Crippen LogP contribution in [0.3, 0.4) is 0 Å². The van der Waals surface area contributed by atoms with Gasteiger partial charge in [0.25, 0.3) is 0 Å². The first-order chi connectivity index (χ1) is 6.66. The summed E-state index contributed by atoms with van der Waals surface area (Å²) >= 11 is 3.32. The van der Waals surface area contributed by atoms with Gasteiger partial charge in [-0.3, -0.25) is 4.79 Å². The molecule has 0 aliphatic heterocycles. The maximum Gasteiger partial charge on any atom is 0.219 e. The predicted octanol–water partition coefficient (Wildman–Crippen LogP) is 1.83. The van der Waals surface area contributed by atoms with Crippen molar-refractivity contribution in [2.45, 2.75) is 45.1 Å². The van der Waals surface area contributed by atoms with Gasteiger partial charge in [0.05, 0.1) is 6.10 Å². The highest BCUT2D eigenvalue weighted by atomic mass is 79.9. The smallest absolute Gasteiger partial charge is 0.219 e. The Balaban J connectivity index is 3.18. The molecule has 0 aliphatic carbocycles. The Bertz CT molecular complexity index is 151. The topological polar surface area (TPSA) is 49.3 Å². The maximum atomic E-state index is 11.2. The van der Waals surface area contributed by atoms with Gasteiger partial charge in [-0.15, -0.1) is 0 Å². The van der Waals surface area contributed by atoms with Crippen LogP contribution in [0.1, 0.15) is 39.0 Å². The summed E-state index contributed by atoms with van der Waals surface area (Å²) in [6.07, 6.45) is 3.93. The van der Waals surface area contributed by atoms with Gasteiger partial charge in [0.1, 0.15) is 0 Å². The molecule has 84 valence electrons. The third-order valence-corrected chi connectivity index (χ3v) is 2.47. The van der Waals surface area contributed by atoms with Crippen LogP contribution < -0.4 is 5.32 Å². The minimum atomic E-state index is -0.264. The van der Waals surface area contributed by atoms with Gasteiger partial charge in [0, 0.05) is 18.3 Å². The van der Waals surface area contributed by atoms with E-state index < -0.39 is 0 Å². The van der Waals surface area contributed by atoms with Crippen LogP contribution in [0.5, 0.6) is 0 Å². The largest absolute Gasteiger partial charge is 0.393 e. The fourth-order valence-electron chi connectivity index (χ4n) is 1.09. The summed E-state index contributed by atoms with van der Waals surface area (Å²) in [5.41, 5.74) is 0. The molecule has 0 bridgehead atoms. The number of rotatable bonds is 8. The standard InChI is InChI=1S/C10H20BrNO2/c1-9(13)5-4-8-12-10(14)6-2-3-7-11/h9,13H,2-8H2,1H3,(H,12,14). The van der Waals surface area contributed by atoms with Crippen molar-refractivity contribution in [3.8, 4) is 0 Å². The number of amides is 1. The predicted molar refractivity (Wildman–Crippen MR) is 61.6 cm³/mol. The molecule has 0 radical (unpaired) electrons. The van der Waals surface area contributed by atoms with E-state index >= 15 is 0 Å². The Morgan fingerprint density at radius 3 is 2.71 bits per heavy atom. The van der Waals surface area contributed by atoms with E-state index in [0.29, 0.717) is 13.0 Å². The summed E-state index contributed by atoms with van der Waals surface area (Å²) in [7, 11) is 0. The summed E-state index contributed by atoms with van der Waals surface area (Å²) in [4.78, 5) is 11.2. The molecule has 0 spiro atoms. The quantitative estimate of drug-likeness (QED) is 0.520. The highest BCUT2D eigenvalue weighted by Gasteiger charge is 2.00. The van der Waals surface area contributed by atoms with E-state index in [0.717, 1.165) is 31.0 Å². The lowest BCUT2D eigenvalue weighted by molar-refractivity contribution is -0.121. The van der Waals surface area contributed by atoms with Crippen molar-refractivity contribution >= 4 is 21.8 Å². The molecule has 14 heavy (non-hydrogen) atoms. The number of aliphatic hydroxyl groups is 1. The molecular weight excluding hydrogens is 246 g/mol. The number of carbonyl (C=O) groups excluding carboxylic acids is 1. The summed E-state index contributed by atoms with van der Waals surface area (Å²) in [5.74, 6) is 0.122. The van der Waals surface area contributed by atoms with Gasteiger partial charge in [0.15, 0.2) is 0 Å². The monoisotopic (exact) mass is 265 g/mol. The summed E-state index contributed by atoms with van der Waals surface area (Å²) in [6, 6.07) is 0. The molecule has 1 unspecified atom stereocenters. The van der Waals surface area contributed by atoms with Gasteiger partial charge < -0.3 is 10.4 Å². The molecule has 0 aromatic heterocycles. The number of halogens is 1. The summed E-state index contributed by atoms with van der Waals surface area (Å²) in [5, 5.41) is 12.8. The molecule has 0 fully saturated rings. The molecule has 3 nitrogen and oxygen atoms in total. The third kappa shape index (κ3) is 9.99. The van der Waals surface area contributed by atoms with Crippen molar-refractivity contribution in [3.05, 3.63) is 0 Å². The first kappa shape index (κ1) is 13.9. The second kappa shape index (κ2) is 9.46.